The van der Waals surface area contributed by atoms with E-state index in [0.717, 1.165) is 20.9 Å². The number of imide groups is 2. The fraction of sp³-hybridized carbons (Fsp3) is 0.130. The number of anilines is 2. The molecule has 0 radical (unpaired) electrons. The zero-order valence-corrected chi connectivity index (χ0v) is 31.0. The molecule has 0 spiro atoms. The molecule has 0 saturated heterocycles. The Kier molecular flexibility index (Phi) is 8.89. The molecule has 0 fully saturated rings. The Morgan fingerprint density at radius 1 is 0.446 bits per heavy atom. The molecule has 6 aromatic rings. The van der Waals surface area contributed by atoms with Gasteiger partial charge < -0.3 is 10.6 Å². The van der Waals surface area contributed by atoms with Crippen LogP contribution in [0, 0.1) is 13.8 Å². The molecular formula is C46H36N4O6. The minimum Gasteiger partial charge on any atom is -0.345 e. The van der Waals surface area contributed by atoms with E-state index >= 15 is 0 Å². The lowest BCUT2D eigenvalue weighted by Gasteiger charge is -2.33. The van der Waals surface area contributed by atoms with Crippen LogP contribution < -0.4 is 20.4 Å². The van der Waals surface area contributed by atoms with Gasteiger partial charge in [0.2, 0.25) is 0 Å². The third kappa shape index (κ3) is 5.74. The van der Waals surface area contributed by atoms with Crippen molar-refractivity contribution in [2.24, 2.45) is 0 Å². The molecule has 2 aliphatic heterocycles. The van der Waals surface area contributed by atoms with Gasteiger partial charge in [-0.1, -0.05) is 84.9 Å². The maximum atomic E-state index is 14.5. The number of nitrogens with one attached hydrogen (secondary N) is 2. The van der Waals surface area contributed by atoms with E-state index in [1.165, 1.54) is 24.3 Å². The van der Waals surface area contributed by atoms with Gasteiger partial charge in [-0.25, -0.2) is 9.80 Å². The van der Waals surface area contributed by atoms with Crippen molar-refractivity contribution in [3.8, 4) is 0 Å². The Hall–Kier alpha value is -7.20. The monoisotopic (exact) mass is 740 g/mol. The molecule has 0 saturated carbocycles. The average molecular weight is 741 g/mol. The summed E-state index contributed by atoms with van der Waals surface area (Å²) in [5, 5.41) is 6.34. The zero-order valence-electron chi connectivity index (χ0n) is 31.0. The van der Waals surface area contributed by atoms with Crippen LogP contribution >= 0.6 is 0 Å². The molecular weight excluding hydrogens is 705 g/mol. The minimum absolute atomic E-state index is 0.104. The Bertz CT molecular complexity index is 2420. The van der Waals surface area contributed by atoms with Gasteiger partial charge in [0.1, 0.15) is 0 Å². The van der Waals surface area contributed by atoms with Crippen LogP contribution in [-0.4, -0.2) is 35.4 Å². The molecule has 2 N–H and O–H groups in total. The SMILES string of the molecule is Cc1cccc(C(=O)N[C@@H](C)c2ccccc2)c1N1C(=O)c2ccc3c4c(ccc(c24)C1=O)C(=O)N(c1c(C)cccc1C(=O)N[C@@H](C)c1ccccc1)C3=O. The van der Waals surface area contributed by atoms with Crippen molar-refractivity contribution in [2.45, 2.75) is 39.8 Å². The Morgan fingerprint density at radius 2 is 0.768 bits per heavy atom. The zero-order chi connectivity index (χ0) is 39.4. The van der Waals surface area contributed by atoms with E-state index < -0.39 is 35.4 Å². The lowest BCUT2D eigenvalue weighted by atomic mass is 9.85. The van der Waals surface area contributed by atoms with E-state index in [4.69, 9.17) is 0 Å². The summed E-state index contributed by atoms with van der Waals surface area (Å²) < 4.78 is 0. The first-order valence-electron chi connectivity index (χ1n) is 18.3. The first kappa shape index (κ1) is 35.8. The van der Waals surface area contributed by atoms with Crippen LogP contribution in [0.15, 0.2) is 121 Å². The summed E-state index contributed by atoms with van der Waals surface area (Å²) in [5.41, 5.74) is 3.80. The molecule has 276 valence electrons. The van der Waals surface area contributed by atoms with Crippen LogP contribution in [0.3, 0.4) is 0 Å². The summed E-state index contributed by atoms with van der Waals surface area (Å²) in [7, 11) is 0. The highest BCUT2D eigenvalue weighted by atomic mass is 16.2. The van der Waals surface area contributed by atoms with Crippen molar-refractivity contribution in [3.05, 3.63) is 177 Å². The topological polar surface area (TPSA) is 133 Å². The van der Waals surface area contributed by atoms with Crippen molar-refractivity contribution < 1.29 is 28.8 Å². The third-order valence-corrected chi connectivity index (χ3v) is 10.6. The molecule has 2 aliphatic rings. The van der Waals surface area contributed by atoms with Gasteiger partial charge >= 0.3 is 0 Å². The van der Waals surface area contributed by atoms with Gasteiger partial charge in [-0.05, 0) is 86.3 Å². The largest absolute Gasteiger partial charge is 0.345 e. The molecule has 0 bridgehead atoms. The summed E-state index contributed by atoms with van der Waals surface area (Å²) in [4.78, 5) is 87.5. The average Bonchev–Trinajstić information content (AvgIpc) is 3.20. The van der Waals surface area contributed by atoms with Crippen LogP contribution in [0.25, 0.3) is 10.8 Å². The van der Waals surface area contributed by atoms with Gasteiger partial charge in [0, 0.05) is 33.0 Å². The maximum Gasteiger partial charge on any atom is 0.266 e. The highest BCUT2D eigenvalue weighted by Gasteiger charge is 2.43. The van der Waals surface area contributed by atoms with Crippen LogP contribution in [-0.2, 0) is 0 Å². The third-order valence-electron chi connectivity index (χ3n) is 10.6. The van der Waals surface area contributed by atoms with Crippen molar-refractivity contribution >= 4 is 57.6 Å². The standard InChI is InChI=1S/C46H36N4O6/c1-25-13-11-19-35(41(51)47-27(3)29-15-7-5-8-16-29)39(25)49-43(53)31-21-23-33-38-34(24-22-32(37(31)38)44(49)54)46(56)50(45(33)55)40-26(2)14-12-20-36(40)42(52)48-28(4)30-17-9-6-10-18-30/h5-24,27-28H,1-4H3,(H,47,51)(H,48,52)/t27-,28-/m0/s1. The van der Waals surface area contributed by atoms with Crippen molar-refractivity contribution in [3.63, 3.8) is 0 Å². The quantitative estimate of drug-likeness (QED) is 0.152. The number of nitrogens with zero attached hydrogens (tertiary/aromatic N) is 2. The molecule has 10 nitrogen and oxygen atoms in total. The smallest absolute Gasteiger partial charge is 0.266 e. The van der Waals surface area contributed by atoms with Crippen LogP contribution in [0.4, 0.5) is 11.4 Å². The predicted octanol–water partition coefficient (Wildman–Crippen LogP) is 8.04. The molecule has 2 atom stereocenters. The lowest BCUT2D eigenvalue weighted by Crippen LogP contribution is -2.45. The highest BCUT2D eigenvalue weighted by Crippen LogP contribution is 2.42. The Morgan fingerprint density at radius 3 is 1.09 bits per heavy atom. The highest BCUT2D eigenvalue weighted by molar-refractivity contribution is 6.43. The van der Waals surface area contributed by atoms with Crippen LogP contribution in [0.2, 0.25) is 0 Å². The number of amides is 6. The number of carbonyl (C=O) groups is 6. The summed E-state index contributed by atoms with van der Waals surface area (Å²) in [6, 6.07) is 34.0. The van der Waals surface area contributed by atoms with E-state index in [0.29, 0.717) is 11.1 Å². The molecule has 2 heterocycles. The summed E-state index contributed by atoms with van der Waals surface area (Å²) in [5.74, 6) is -3.72. The number of carbonyl (C=O) groups excluding carboxylic acids is 6. The van der Waals surface area contributed by atoms with Crippen LogP contribution in [0.5, 0.6) is 0 Å². The van der Waals surface area contributed by atoms with E-state index in [9.17, 15) is 28.8 Å². The number of hydrogen-bond acceptors (Lipinski definition) is 6. The van der Waals surface area contributed by atoms with E-state index in [1.807, 2.05) is 74.5 Å². The van der Waals surface area contributed by atoms with Gasteiger partial charge in [0.15, 0.2) is 0 Å². The van der Waals surface area contributed by atoms with Gasteiger partial charge in [-0.3, -0.25) is 28.8 Å². The predicted molar refractivity (Wildman–Crippen MR) is 213 cm³/mol. The number of rotatable bonds is 8. The van der Waals surface area contributed by atoms with Crippen molar-refractivity contribution in [1.82, 2.24) is 10.6 Å². The summed E-state index contributed by atoms with van der Waals surface area (Å²) in [6.45, 7) is 7.14. The number of benzene rings is 6. The normalized spacial score (nSPS) is 14.5. The van der Waals surface area contributed by atoms with Crippen molar-refractivity contribution in [1.29, 1.82) is 0 Å². The second-order valence-corrected chi connectivity index (χ2v) is 14.1. The van der Waals surface area contributed by atoms with Gasteiger partial charge in [-0.2, -0.15) is 0 Å². The van der Waals surface area contributed by atoms with E-state index in [1.54, 1.807) is 50.2 Å². The van der Waals surface area contributed by atoms with E-state index in [-0.39, 0.29) is 67.6 Å². The second-order valence-electron chi connectivity index (χ2n) is 14.1. The molecule has 10 heteroatoms. The van der Waals surface area contributed by atoms with Gasteiger partial charge in [0.25, 0.3) is 35.4 Å². The molecule has 8 rings (SSSR count). The first-order chi connectivity index (χ1) is 27.0. The fourth-order valence-electron chi connectivity index (χ4n) is 7.76. The maximum absolute atomic E-state index is 14.5. The number of hydrogen-bond donors (Lipinski definition) is 2. The van der Waals surface area contributed by atoms with Gasteiger partial charge in [-0.15, -0.1) is 0 Å². The minimum atomic E-state index is -0.696. The summed E-state index contributed by atoms with van der Waals surface area (Å²) >= 11 is 0. The molecule has 0 aliphatic carbocycles. The second kappa shape index (κ2) is 13.9. The molecule has 56 heavy (non-hydrogen) atoms. The molecule has 6 aromatic carbocycles. The number of para-hydroxylation sites is 2. The molecule has 6 amide bonds. The molecule has 0 aromatic heterocycles. The fourth-order valence-corrected chi connectivity index (χ4v) is 7.76. The Balaban J connectivity index is 1.17. The number of aryl methyl sites for hydroxylation is 2. The summed E-state index contributed by atoms with van der Waals surface area (Å²) in [6.07, 6.45) is 0. The van der Waals surface area contributed by atoms with Crippen LogP contribution in [0.1, 0.15) is 110 Å². The lowest BCUT2D eigenvalue weighted by molar-refractivity contribution is 0.0870. The first-order valence-corrected chi connectivity index (χ1v) is 18.3. The Labute approximate surface area is 322 Å². The van der Waals surface area contributed by atoms with Crippen molar-refractivity contribution in [2.75, 3.05) is 9.80 Å². The molecule has 0 unspecified atom stereocenters. The van der Waals surface area contributed by atoms with Gasteiger partial charge in [0.05, 0.1) is 34.6 Å². The van der Waals surface area contributed by atoms with E-state index in [2.05, 4.69) is 10.6 Å².